The zero-order valence-corrected chi connectivity index (χ0v) is 9.55. The normalized spacial score (nSPS) is 12.7. The summed E-state index contributed by atoms with van der Waals surface area (Å²) in [5.41, 5.74) is 2.40. The highest BCUT2D eigenvalue weighted by atomic mass is 15.4. The van der Waals surface area contributed by atoms with E-state index in [1.54, 1.807) is 17.1 Å². The molecular weight excluding hydrogens is 204 g/mol. The second-order valence-electron chi connectivity index (χ2n) is 3.58. The molecule has 2 heterocycles. The quantitative estimate of drug-likeness (QED) is 0.815. The first kappa shape index (κ1) is 10.7. The number of aromatic nitrogens is 5. The summed E-state index contributed by atoms with van der Waals surface area (Å²) >= 11 is 0. The monoisotopic (exact) mass is 218 g/mol. The molecule has 0 aliphatic rings. The van der Waals surface area contributed by atoms with E-state index in [4.69, 9.17) is 0 Å². The van der Waals surface area contributed by atoms with Crippen LogP contribution in [0.15, 0.2) is 18.6 Å². The van der Waals surface area contributed by atoms with Crippen LogP contribution in [0.5, 0.6) is 0 Å². The molecule has 6 heteroatoms. The molecule has 0 saturated carbocycles. The van der Waals surface area contributed by atoms with E-state index in [-0.39, 0.29) is 6.04 Å². The molecule has 2 aromatic heterocycles. The molecule has 0 fully saturated rings. The summed E-state index contributed by atoms with van der Waals surface area (Å²) in [5, 5.41) is 11.1. The van der Waals surface area contributed by atoms with Crippen molar-refractivity contribution in [3.8, 4) is 11.4 Å². The molecule has 6 nitrogen and oxygen atoms in total. The molecule has 16 heavy (non-hydrogen) atoms. The average molecular weight is 218 g/mol. The maximum atomic E-state index is 4.33. The minimum absolute atomic E-state index is 0.130. The fraction of sp³-hybridized carbons (Fsp3) is 0.400. The lowest BCUT2D eigenvalue weighted by molar-refractivity contribution is 0.631. The van der Waals surface area contributed by atoms with Crippen LogP contribution in [0.2, 0.25) is 0 Å². The first-order valence-electron chi connectivity index (χ1n) is 5.07. The van der Waals surface area contributed by atoms with Gasteiger partial charge in [-0.2, -0.15) is 0 Å². The maximum Gasteiger partial charge on any atom is 0.133 e. The van der Waals surface area contributed by atoms with Crippen LogP contribution in [0, 0.1) is 0 Å². The standard InChI is InChI=1S/C10H14N6/c1-7(11-2)9-10(13-5-4-12-9)8-6-16(3)15-14-8/h4-7,11H,1-3H3. The van der Waals surface area contributed by atoms with E-state index < -0.39 is 0 Å². The Labute approximate surface area is 93.7 Å². The molecule has 1 unspecified atom stereocenters. The largest absolute Gasteiger partial charge is 0.312 e. The van der Waals surface area contributed by atoms with E-state index in [1.807, 2.05) is 27.2 Å². The van der Waals surface area contributed by atoms with Gasteiger partial charge in [0.15, 0.2) is 0 Å². The van der Waals surface area contributed by atoms with Crippen molar-refractivity contribution < 1.29 is 0 Å². The van der Waals surface area contributed by atoms with Crippen molar-refractivity contribution in [1.82, 2.24) is 30.3 Å². The molecule has 0 aliphatic heterocycles. The van der Waals surface area contributed by atoms with E-state index >= 15 is 0 Å². The van der Waals surface area contributed by atoms with Crippen LogP contribution >= 0.6 is 0 Å². The van der Waals surface area contributed by atoms with Gasteiger partial charge < -0.3 is 5.32 Å². The number of aryl methyl sites for hydroxylation is 1. The summed E-state index contributed by atoms with van der Waals surface area (Å²) in [6.07, 6.45) is 5.18. The Morgan fingerprint density at radius 3 is 2.69 bits per heavy atom. The minimum Gasteiger partial charge on any atom is -0.312 e. The van der Waals surface area contributed by atoms with E-state index in [1.165, 1.54) is 0 Å². The van der Waals surface area contributed by atoms with Gasteiger partial charge in [-0.25, -0.2) is 0 Å². The van der Waals surface area contributed by atoms with Crippen LogP contribution in [0.25, 0.3) is 11.4 Å². The van der Waals surface area contributed by atoms with Gasteiger partial charge in [-0.15, -0.1) is 5.10 Å². The minimum atomic E-state index is 0.130. The third-order valence-corrected chi connectivity index (χ3v) is 2.41. The second-order valence-corrected chi connectivity index (χ2v) is 3.58. The van der Waals surface area contributed by atoms with Gasteiger partial charge >= 0.3 is 0 Å². The van der Waals surface area contributed by atoms with Crippen molar-refractivity contribution >= 4 is 0 Å². The van der Waals surface area contributed by atoms with Crippen LogP contribution < -0.4 is 5.32 Å². The molecule has 0 bridgehead atoms. The van der Waals surface area contributed by atoms with Gasteiger partial charge in [-0.1, -0.05) is 5.21 Å². The molecule has 0 aromatic carbocycles. The number of hydrogen-bond acceptors (Lipinski definition) is 5. The molecule has 1 N–H and O–H groups in total. The van der Waals surface area contributed by atoms with E-state index in [0.717, 1.165) is 17.1 Å². The predicted molar refractivity (Wildman–Crippen MR) is 59.5 cm³/mol. The smallest absolute Gasteiger partial charge is 0.133 e. The second kappa shape index (κ2) is 4.36. The molecule has 0 aliphatic carbocycles. The SMILES string of the molecule is CNC(C)c1nccnc1-c1cn(C)nn1. The summed E-state index contributed by atoms with van der Waals surface area (Å²) in [5.74, 6) is 0. The third kappa shape index (κ3) is 1.92. The Morgan fingerprint density at radius 1 is 1.31 bits per heavy atom. The first-order chi connectivity index (χ1) is 7.72. The zero-order chi connectivity index (χ0) is 11.5. The number of hydrogen-bond donors (Lipinski definition) is 1. The lowest BCUT2D eigenvalue weighted by atomic mass is 10.1. The first-order valence-corrected chi connectivity index (χ1v) is 5.07. The lowest BCUT2D eigenvalue weighted by Gasteiger charge is -2.11. The van der Waals surface area contributed by atoms with Gasteiger partial charge in [-0.05, 0) is 14.0 Å². The van der Waals surface area contributed by atoms with E-state index in [0.29, 0.717) is 0 Å². The highest BCUT2D eigenvalue weighted by Gasteiger charge is 2.15. The molecule has 84 valence electrons. The summed E-state index contributed by atoms with van der Waals surface area (Å²) in [4.78, 5) is 8.65. The van der Waals surface area contributed by atoms with Gasteiger partial charge in [0.05, 0.1) is 11.9 Å². The summed E-state index contributed by atoms with van der Waals surface area (Å²) in [6.45, 7) is 2.03. The molecule has 0 spiro atoms. The Balaban J connectivity index is 2.48. The predicted octanol–water partition coefficient (Wildman–Crippen LogP) is 0.552. The molecule has 2 rings (SSSR count). The van der Waals surface area contributed by atoms with Crippen molar-refractivity contribution in [2.75, 3.05) is 7.05 Å². The van der Waals surface area contributed by atoms with Crippen molar-refractivity contribution in [2.24, 2.45) is 7.05 Å². The molecule has 2 aromatic rings. The number of rotatable bonds is 3. The average Bonchev–Trinajstić information content (AvgIpc) is 2.75. The highest BCUT2D eigenvalue weighted by molar-refractivity contribution is 5.55. The fourth-order valence-electron chi connectivity index (χ4n) is 1.46. The number of nitrogens with zero attached hydrogens (tertiary/aromatic N) is 5. The van der Waals surface area contributed by atoms with Gasteiger partial charge in [0.25, 0.3) is 0 Å². The van der Waals surface area contributed by atoms with Crippen LogP contribution in [-0.4, -0.2) is 32.0 Å². The Hall–Kier alpha value is -1.82. The Bertz CT molecular complexity index is 478. The van der Waals surface area contributed by atoms with Crippen molar-refractivity contribution in [1.29, 1.82) is 0 Å². The molecular formula is C10H14N6. The van der Waals surface area contributed by atoms with Crippen LogP contribution in [0.1, 0.15) is 18.7 Å². The molecule has 1 atom stereocenters. The molecule has 0 radical (unpaired) electrons. The van der Waals surface area contributed by atoms with Gasteiger partial charge in [0, 0.05) is 25.5 Å². The fourth-order valence-corrected chi connectivity index (χ4v) is 1.46. The van der Waals surface area contributed by atoms with Gasteiger partial charge in [-0.3, -0.25) is 14.6 Å². The summed E-state index contributed by atoms with van der Waals surface area (Å²) < 4.78 is 1.65. The van der Waals surface area contributed by atoms with E-state index in [2.05, 4.69) is 25.6 Å². The van der Waals surface area contributed by atoms with Crippen LogP contribution in [0.3, 0.4) is 0 Å². The molecule has 0 saturated heterocycles. The van der Waals surface area contributed by atoms with E-state index in [9.17, 15) is 0 Å². The lowest BCUT2D eigenvalue weighted by Crippen LogP contribution is -2.15. The highest BCUT2D eigenvalue weighted by Crippen LogP contribution is 2.21. The number of nitrogens with one attached hydrogen (secondary N) is 1. The summed E-state index contributed by atoms with van der Waals surface area (Å²) in [6, 6.07) is 0.130. The topological polar surface area (TPSA) is 68.5 Å². The van der Waals surface area contributed by atoms with Crippen molar-refractivity contribution in [3.05, 3.63) is 24.3 Å². The Kier molecular flexibility index (Phi) is 2.91. The van der Waals surface area contributed by atoms with Crippen LogP contribution in [0.4, 0.5) is 0 Å². The Morgan fingerprint density at radius 2 is 2.06 bits per heavy atom. The zero-order valence-electron chi connectivity index (χ0n) is 9.55. The van der Waals surface area contributed by atoms with Gasteiger partial charge in [0.2, 0.25) is 0 Å². The third-order valence-electron chi connectivity index (χ3n) is 2.41. The van der Waals surface area contributed by atoms with Crippen molar-refractivity contribution in [3.63, 3.8) is 0 Å². The van der Waals surface area contributed by atoms with Gasteiger partial charge in [0.1, 0.15) is 11.4 Å². The summed E-state index contributed by atoms with van der Waals surface area (Å²) in [7, 11) is 3.72. The molecule has 0 amide bonds. The maximum absolute atomic E-state index is 4.33. The van der Waals surface area contributed by atoms with Crippen LogP contribution in [-0.2, 0) is 7.05 Å². The van der Waals surface area contributed by atoms with Crippen molar-refractivity contribution in [2.45, 2.75) is 13.0 Å².